The van der Waals surface area contributed by atoms with E-state index in [2.05, 4.69) is 55.0 Å². The van der Waals surface area contributed by atoms with Gasteiger partial charge in [0.2, 0.25) is 0 Å². The average molecular weight is 301 g/mol. The van der Waals surface area contributed by atoms with Crippen LogP contribution >= 0.6 is 11.3 Å². The third kappa shape index (κ3) is 2.99. The van der Waals surface area contributed by atoms with Gasteiger partial charge in [0.15, 0.2) is 0 Å². The second-order valence-electron chi connectivity index (χ2n) is 5.61. The lowest BCUT2D eigenvalue weighted by molar-refractivity contribution is 0.256. The molecule has 1 aromatic carbocycles. The molecule has 2 atom stereocenters. The summed E-state index contributed by atoms with van der Waals surface area (Å²) in [5, 5.41) is 5.75. The molecule has 2 unspecified atom stereocenters. The highest BCUT2D eigenvalue weighted by atomic mass is 32.1. The molecule has 3 rings (SSSR count). The van der Waals surface area contributed by atoms with Crippen LogP contribution in [0.4, 0.5) is 0 Å². The molecular weight excluding hydrogens is 278 g/mol. The average Bonchev–Trinajstić information content (AvgIpc) is 3.01. The van der Waals surface area contributed by atoms with Crippen molar-refractivity contribution in [2.75, 3.05) is 13.7 Å². The first-order chi connectivity index (χ1) is 10.3. The summed E-state index contributed by atoms with van der Waals surface area (Å²) in [7, 11) is 2.08. The van der Waals surface area contributed by atoms with E-state index in [1.807, 2.05) is 11.3 Å². The molecule has 1 aliphatic rings. The molecule has 0 saturated carbocycles. The summed E-state index contributed by atoms with van der Waals surface area (Å²) in [6.45, 7) is 3.07. The zero-order valence-corrected chi connectivity index (χ0v) is 13.6. The van der Waals surface area contributed by atoms with E-state index < -0.39 is 0 Å². The largest absolute Gasteiger partial charge is 0.493 e. The molecule has 0 fully saturated rings. The van der Waals surface area contributed by atoms with Gasteiger partial charge >= 0.3 is 0 Å². The van der Waals surface area contributed by atoms with E-state index >= 15 is 0 Å². The molecule has 1 N–H and O–H groups in total. The second kappa shape index (κ2) is 6.63. The number of hydrogen-bond acceptors (Lipinski definition) is 3. The van der Waals surface area contributed by atoms with Crippen molar-refractivity contribution in [1.29, 1.82) is 0 Å². The number of hydrogen-bond donors (Lipinski definition) is 1. The number of benzene rings is 1. The van der Waals surface area contributed by atoms with Gasteiger partial charge in [-0.25, -0.2) is 0 Å². The van der Waals surface area contributed by atoms with Gasteiger partial charge in [0.05, 0.1) is 6.61 Å². The fourth-order valence-electron chi connectivity index (χ4n) is 3.25. The van der Waals surface area contributed by atoms with E-state index in [1.54, 1.807) is 0 Å². The Morgan fingerprint density at radius 1 is 1.33 bits per heavy atom. The SMILES string of the molecule is CCc1ccsc1C(CC1CCOc2ccccc21)NC. The van der Waals surface area contributed by atoms with Crippen LogP contribution in [0, 0.1) is 0 Å². The maximum Gasteiger partial charge on any atom is 0.122 e. The Hall–Kier alpha value is -1.32. The summed E-state index contributed by atoms with van der Waals surface area (Å²) >= 11 is 1.88. The Labute approximate surface area is 131 Å². The van der Waals surface area contributed by atoms with E-state index in [9.17, 15) is 0 Å². The van der Waals surface area contributed by atoms with Gasteiger partial charge in [-0.2, -0.15) is 0 Å². The smallest absolute Gasteiger partial charge is 0.122 e. The number of rotatable bonds is 5. The summed E-state index contributed by atoms with van der Waals surface area (Å²) in [5.74, 6) is 1.66. The molecule has 2 heterocycles. The molecule has 0 spiro atoms. The Morgan fingerprint density at radius 2 is 2.19 bits per heavy atom. The third-order valence-corrected chi connectivity index (χ3v) is 5.50. The van der Waals surface area contributed by atoms with Crippen LogP contribution < -0.4 is 10.1 Å². The number of fused-ring (bicyclic) bond motifs is 1. The van der Waals surface area contributed by atoms with Crippen molar-refractivity contribution in [3.63, 3.8) is 0 Å². The van der Waals surface area contributed by atoms with E-state index in [0.29, 0.717) is 12.0 Å². The highest BCUT2D eigenvalue weighted by Crippen LogP contribution is 2.40. The van der Waals surface area contributed by atoms with Crippen molar-refractivity contribution in [2.45, 2.75) is 38.1 Å². The topological polar surface area (TPSA) is 21.3 Å². The molecule has 0 bridgehead atoms. The predicted molar refractivity (Wildman–Crippen MR) is 89.4 cm³/mol. The summed E-state index contributed by atoms with van der Waals surface area (Å²) in [5.41, 5.74) is 2.86. The minimum Gasteiger partial charge on any atom is -0.493 e. The molecule has 2 aromatic rings. The van der Waals surface area contributed by atoms with E-state index in [1.165, 1.54) is 16.0 Å². The Bertz CT molecular complexity index is 592. The first-order valence-corrected chi connectivity index (χ1v) is 8.66. The highest BCUT2D eigenvalue weighted by molar-refractivity contribution is 7.10. The van der Waals surface area contributed by atoms with Crippen molar-refractivity contribution >= 4 is 11.3 Å². The van der Waals surface area contributed by atoms with Gasteiger partial charge in [0, 0.05) is 10.9 Å². The zero-order chi connectivity index (χ0) is 14.7. The Kier molecular flexibility index (Phi) is 4.61. The van der Waals surface area contributed by atoms with Crippen molar-refractivity contribution in [2.24, 2.45) is 0 Å². The molecule has 112 valence electrons. The lowest BCUT2D eigenvalue weighted by Gasteiger charge is -2.29. The number of ether oxygens (including phenoxy) is 1. The fraction of sp³-hybridized carbons (Fsp3) is 0.444. The van der Waals surface area contributed by atoms with Gasteiger partial charge in [-0.1, -0.05) is 25.1 Å². The van der Waals surface area contributed by atoms with E-state index in [0.717, 1.165) is 31.6 Å². The Morgan fingerprint density at radius 3 is 3.00 bits per heavy atom. The van der Waals surface area contributed by atoms with Crippen LogP contribution in [-0.2, 0) is 6.42 Å². The van der Waals surface area contributed by atoms with Crippen molar-refractivity contribution in [1.82, 2.24) is 5.32 Å². The second-order valence-corrected chi connectivity index (χ2v) is 6.56. The number of thiophene rings is 1. The van der Waals surface area contributed by atoms with Gasteiger partial charge in [-0.05, 0) is 60.9 Å². The fourth-order valence-corrected chi connectivity index (χ4v) is 4.37. The highest BCUT2D eigenvalue weighted by Gasteiger charge is 2.25. The molecule has 2 nitrogen and oxygen atoms in total. The van der Waals surface area contributed by atoms with E-state index in [4.69, 9.17) is 4.74 Å². The molecule has 1 aliphatic heterocycles. The monoisotopic (exact) mass is 301 g/mol. The van der Waals surface area contributed by atoms with Crippen LogP contribution in [-0.4, -0.2) is 13.7 Å². The standard InChI is InChI=1S/C18H23NOS/c1-3-13-9-11-21-18(13)16(19-2)12-14-8-10-20-17-7-5-4-6-15(14)17/h4-7,9,11,14,16,19H,3,8,10,12H2,1-2H3. The molecule has 0 radical (unpaired) electrons. The van der Waals surface area contributed by atoms with Crippen LogP contribution in [0.1, 0.15) is 47.7 Å². The summed E-state index contributed by atoms with van der Waals surface area (Å²) in [4.78, 5) is 1.50. The number of aryl methyl sites for hydroxylation is 1. The first kappa shape index (κ1) is 14.6. The molecule has 3 heteroatoms. The minimum atomic E-state index is 0.441. The van der Waals surface area contributed by atoms with Crippen LogP contribution in [0.3, 0.4) is 0 Å². The van der Waals surface area contributed by atoms with E-state index in [-0.39, 0.29) is 0 Å². The Balaban J connectivity index is 1.82. The molecular formula is C18H23NOS. The van der Waals surface area contributed by atoms with Crippen LogP contribution in [0.15, 0.2) is 35.7 Å². The number of nitrogens with one attached hydrogen (secondary N) is 1. The van der Waals surface area contributed by atoms with Crippen molar-refractivity contribution in [3.05, 3.63) is 51.7 Å². The van der Waals surface area contributed by atoms with Gasteiger partial charge in [0.1, 0.15) is 5.75 Å². The summed E-state index contributed by atoms with van der Waals surface area (Å²) < 4.78 is 5.79. The van der Waals surface area contributed by atoms with Crippen LogP contribution in [0.2, 0.25) is 0 Å². The third-order valence-electron chi connectivity index (χ3n) is 4.43. The van der Waals surface area contributed by atoms with Gasteiger partial charge in [0.25, 0.3) is 0 Å². The minimum absolute atomic E-state index is 0.441. The predicted octanol–water partition coefficient (Wildman–Crippen LogP) is 4.53. The molecule has 1 aromatic heterocycles. The molecule has 0 aliphatic carbocycles. The van der Waals surface area contributed by atoms with Gasteiger partial charge < -0.3 is 10.1 Å². The first-order valence-electron chi connectivity index (χ1n) is 7.78. The maximum atomic E-state index is 5.79. The maximum absolute atomic E-state index is 5.79. The zero-order valence-electron chi connectivity index (χ0n) is 12.8. The van der Waals surface area contributed by atoms with Crippen LogP contribution in [0.5, 0.6) is 5.75 Å². The van der Waals surface area contributed by atoms with Crippen molar-refractivity contribution < 1.29 is 4.74 Å². The lowest BCUT2D eigenvalue weighted by atomic mass is 9.86. The number of para-hydroxylation sites is 1. The quantitative estimate of drug-likeness (QED) is 0.876. The van der Waals surface area contributed by atoms with Crippen LogP contribution in [0.25, 0.3) is 0 Å². The summed E-state index contributed by atoms with van der Waals surface area (Å²) in [6.07, 6.45) is 3.37. The van der Waals surface area contributed by atoms with Gasteiger partial charge in [-0.15, -0.1) is 11.3 Å². The molecule has 0 saturated heterocycles. The molecule has 0 amide bonds. The molecule has 21 heavy (non-hydrogen) atoms. The summed E-state index contributed by atoms with van der Waals surface area (Å²) in [6, 6.07) is 11.2. The van der Waals surface area contributed by atoms with Gasteiger partial charge in [-0.3, -0.25) is 0 Å². The normalized spacial score (nSPS) is 18.9. The van der Waals surface area contributed by atoms with Crippen molar-refractivity contribution in [3.8, 4) is 5.75 Å². The lowest BCUT2D eigenvalue weighted by Crippen LogP contribution is -2.22.